The second-order valence-corrected chi connectivity index (χ2v) is 7.77. The van der Waals surface area contributed by atoms with E-state index in [9.17, 15) is 14.0 Å². The first-order valence-corrected chi connectivity index (χ1v) is 10.8. The number of aryl methyl sites for hydroxylation is 1. The summed E-state index contributed by atoms with van der Waals surface area (Å²) in [5.41, 5.74) is 3.34. The molecule has 2 aromatic heterocycles. The number of amides is 2. The number of rotatable bonds is 6. The molecule has 2 amide bonds. The quantitative estimate of drug-likeness (QED) is 0.626. The molecule has 3 aromatic rings. The van der Waals surface area contributed by atoms with E-state index in [1.54, 1.807) is 48.6 Å². The number of aromatic nitrogens is 2. The van der Waals surface area contributed by atoms with Gasteiger partial charge in [0.2, 0.25) is 5.91 Å². The fraction of sp³-hybridized carbons (Fsp3) is 0.280. The summed E-state index contributed by atoms with van der Waals surface area (Å²) in [5.74, 6) is -0.546. The van der Waals surface area contributed by atoms with E-state index in [1.807, 2.05) is 18.2 Å². The Morgan fingerprint density at radius 1 is 1.09 bits per heavy atom. The Morgan fingerprint density at radius 3 is 2.52 bits per heavy atom. The smallest absolute Gasteiger partial charge is 0.269 e. The monoisotopic (exact) mass is 448 g/mol. The highest BCUT2D eigenvalue weighted by Gasteiger charge is 2.26. The number of morpholine rings is 1. The number of benzene rings is 1. The molecule has 1 aliphatic heterocycles. The van der Waals surface area contributed by atoms with Crippen LogP contribution in [-0.4, -0.2) is 53.4 Å². The topological polar surface area (TPSA) is 84.4 Å². The normalized spacial score (nSPS) is 15.8. The molecule has 0 aliphatic carbocycles. The number of halogens is 1. The van der Waals surface area contributed by atoms with Crippen LogP contribution in [0.5, 0.6) is 0 Å². The van der Waals surface area contributed by atoms with Gasteiger partial charge in [0, 0.05) is 43.5 Å². The molecular weight excluding hydrogens is 423 g/mol. The van der Waals surface area contributed by atoms with Crippen LogP contribution < -0.4 is 5.32 Å². The predicted octanol–water partition coefficient (Wildman–Crippen LogP) is 3.18. The van der Waals surface area contributed by atoms with Crippen LogP contribution in [0.2, 0.25) is 0 Å². The maximum Gasteiger partial charge on any atom is 0.269 e. The number of carbonyl (C=O) groups is 2. The second kappa shape index (κ2) is 10.3. The maximum atomic E-state index is 13.8. The summed E-state index contributed by atoms with van der Waals surface area (Å²) in [7, 11) is 1.56. The molecule has 7 nitrogen and oxygen atoms in total. The van der Waals surface area contributed by atoms with Crippen molar-refractivity contribution in [2.24, 2.45) is 0 Å². The highest BCUT2D eigenvalue weighted by atomic mass is 19.1. The molecule has 1 atom stereocenters. The van der Waals surface area contributed by atoms with E-state index in [1.165, 1.54) is 6.07 Å². The molecule has 0 unspecified atom stereocenters. The second-order valence-electron chi connectivity index (χ2n) is 7.77. The van der Waals surface area contributed by atoms with E-state index in [0.717, 1.165) is 16.8 Å². The molecule has 0 bridgehead atoms. The fourth-order valence-electron chi connectivity index (χ4n) is 3.75. The number of nitrogens with zero attached hydrogens (tertiary/aromatic N) is 3. The SMILES string of the molecule is CNC(=O)c1ccc(-c2ccc([C@@H]3CN(C(=O)CCc4ccccc4F)CCO3)nc2)cn1. The number of ether oxygens (including phenoxy) is 1. The van der Waals surface area contributed by atoms with Crippen LogP contribution in [0, 0.1) is 5.82 Å². The lowest BCUT2D eigenvalue weighted by Crippen LogP contribution is -2.42. The Balaban J connectivity index is 1.37. The molecule has 1 aliphatic rings. The first-order valence-electron chi connectivity index (χ1n) is 10.8. The Bertz CT molecular complexity index is 1120. The lowest BCUT2D eigenvalue weighted by Gasteiger charge is -2.32. The fourth-order valence-corrected chi connectivity index (χ4v) is 3.75. The molecule has 0 spiro atoms. The van der Waals surface area contributed by atoms with Crippen LogP contribution in [-0.2, 0) is 16.0 Å². The highest BCUT2D eigenvalue weighted by molar-refractivity contribution is 5.92. The molecule has 4 rings (SSSR count). The molecule has 170 valence electrons. The number of hydrogen-bond acceptors (Lipinski definition) is 5. The zero-order valence-electron chi connectivity index (χ0n) is 18.3. The van der Waals surface area contributed by atoms with Gasteiger partial charge in [-0.1, -0.05) is 30.3 Å². The molecular formula is C25H25FN4O3. The van der Waals surface area contributed by atoms with Crippen molar-refractivity contribution in [1.82, 2.24) is 20.2 Å². The van der Waals surface area contributed by atoms with Gasteiger partial charge in [-0.25, -0.2) is 4.39 Å². The van der Waals surface area contributed by atoms with Crippen molar-refractivity contribution in [2.75, 3.05) is 26.7 Å². The van der Waals surface area contributed by atoms with Crippen LogP contribution in [0.25, 0.3) is 11.1 Å². The number of nitrogens with one attached hydrogen (secondary N) is 1. The lowest BCUT2D eigenvalue weighted by molar-refractivity contribution is -0.139. The van der Waals surface area contributed by atoms with Gasteiger partial charge in [-0.05, 0) is 30.2 Å². The molecule has 8 heteroatoms. The lowest BCUT2D eigenvalue weighted by atomic mass is 10.1. The van der Waals surface area contributed by atoms with Gasteiger partial charge < -0.3 is 15.0 Å². The van der Waals surface area contributed by atoms with Crippen molar-refractivity contribution in [1.29, 1.82) is 0 Å². The maximum absolute atomic E-state index is 13.8. The summed E-state index contributed by atoms with van der Waals surface area (Å²) in [4.78, 5) is 34.8. The van der Waals surface area contributed by atoms with Crippen molar-refractivity contribution in [2.45, 2.75) is 18.9 Å². The van der Waals surface area contributed by atoms with Crippen molar-refractivity contribution >= 4 is 11.8 Å². The third-order valence-corrected chi connectivity index (χ3v) is 5.66. The van der Waals surface area contributed by atoms with E-state index in [4.69, 9.17) is 4.74 Å². The van der Waals surface area contributed by atoms with E-state index in [0.29, 0.717) is 37.4 Å². The van der Waals surface area contributed by atoms with Crippen LogP contribution in [0.4, 0.5) is 4.39 Å². The Labute approximate surface area is 191 Å². The van der Waals surface area contributed by atoms with E-state index < -0.39 is 0 Å². The van der Waals surface area contributed by atoms with Gasteiger partial charge >= 0.3 is 0 Å². The molecule has 1 saturated heterocycles. The van der Waals surface area contributed by atoms with Gasteiger partial charge in [-0.2, -0.15) is 0 Å². The van der Waals surface area contributed by atoms with Gasteiger partial charge in [-0.15, -0.1) is 0 Å². The summed E-state index contributed by atoms with van der Waals surface area (Å²) in [6.07, 6.45) is 3.66. The van der Waals surface area contributed by atoms with Crippen molar-refractivity contribution in [3.8, 4) is 11.1 Å². The van der Waals surface area contributed by atoms with E-state index in [2.05, 4.69) is 15.3 Å². The minimum absolute atomic E-state index is 0.0227. The summed E-state index contributed by atoms with van der Waals surface area (Å²) >= 11 is 0. The molecule has 0 saturated carbocycles. The standard InChI is InChI=1S/C25H25FN4O3/c1-27-25(32)22-10-7-19(15-29-22)18-6-9-21(28-14-18)23-16-30(12-13-33-23)24(31)11-8-17-4-2-3-5-20(17)26/h2-7,9-10,14-15,23H,8,11-13,16H2,1H3,(H,27,32)/t23-/m0/s1. The summed E-state index contributed by atoms with van der Waals surface area (Å²) in [6.45, 7) is 1.34. The van der Waals surface area contributed by atoms with Crippen LogP contribution >= 0.6 is 0 Å². The summed E-state index contributed by atoms with van der Waals surface area (Å²) in [5, 5.41) is 2.54. The molecule has 1 fully saturated rings. The van der Waals surface area contributed by atoms with Gasteiger partial charge in [0.15, 0.2) is 0 Å². The first-order chi connectivity index (χ1) is 16.0. The zero-order valence-corrected chi connectivity index (χ0v) is 18.3. The Morgan fingerprint density at radius 2 is 1.85 bits per heavy atom. The van der Waals surface area contributed by atoms with Crippen LogP contribution in [0.3, 0.4) is 0 Å². The average Bonchev–Trinajstić information content (AvgIpc) is 2.88. The van der Waals surface area contributed by atoms with Crippen molar-refractivity contribution < 1.29 is 18.7 Å². The minimum atomic E-state index is -0.320. The summed E-state index contributed by atoms with van der Waals surface area (Å²) in [6, 6.07) is 13.8. The minimum Gasteiger partial charge on any atom is -0.368 e. The van der Waals surface area contributed by atoms with E-state index >= 15 is 0 Å². The zero-order chi connectivity index (χ0) is 23.2. The summed E-state index contributed by atoms with van der Waals surface area (Å²) < 4.78 is 19.7. The highest BCUT2D eigenvalue weighted by Crippen LogP contribution is 2.24. The number of carbonyl (C=O) groups excluding carboxylic acids is 2. The Hall–Kier alpha value is -3.65. The van der Waals surface area contributed by atoms with Crippen molar-refractivity contribution in [3.05, 3.63) is 83.7 Å². The van der Waals surface area contributed by atoms with Gasteiger partial charge in [0.25, 0.3) is 5.91 Å². The number of hydrogen-bond donors (Lipinski definition) is 1. The van der Waals surface area contributed by atoms with Crippen molar-refractivity contribution in [3.63, 3.8) is 0 Å². The van der Waals surface area contributed by atoms with Gasteiger partial charge in [0.1, 0.15) is 17.6 Å². The Kier molecular flexibility index (Phi) is 7.04. The largest absolute Gasteiger partial charge is 0.368 e. The molecule has 1 aromatic carbocycles. The predicted molar refractivity (Wildman–Crippen MR) is 121 cm³/mol. The average molecular weight is 448 g/mol. The van der Waals surface area contributed by atoms with Crippen LogP contribution in [0.1, 0.15) is 34.3 Å². The first kappa shape index (κ1) is 22.5. The van der Waals surface area contributed by atoms with E-state index in [-0.39, 0.29) is 30.2 Å². The molecule has 3 heterocycles. The number of pyridine rings is 2. The molecule has 0 radical (unpaired) electrons. The van der Waals surface area contributed by atoms with Gasteiger partial charge in [0.05, 0.1) is 18.8 Å². The van der Waals surface area contributed by atoms with Crippen LogP contribution in [0.15, 0.2) is 60.9 Å². The molecule has 33 heavy (non-hydrogen) atoms. The third kappa shape index (κ3) is 5.40. The van der Waals surface area contributed by atoms with Gasteiger partial charge in [-0.3, -0.25) is 19.6 Å². The molecule has 1 N–H and O–H groups in total. The third-order valence-electron chi connectivity index (χ3n) is 5.66.